The standard InChI is InChI=1S/C24H27FN2O5S/c1-30-19-12-20(31-2)24(21(13-19)32-3)16-8-10-27(11-9-16)23(29)15-33-14-22(28)26-18-6-4-17(25)5-7-18/h4-8,12-13H,9-11,14-15H2,1-3H3,(H,26,28). The second-order valence-electron chi connectivity index (χ2n) is 7.27. The number of hydrogen-bond donors (Lipinski definition) is 1. The highest BCUT2D eigenvalue weighted by Gasteiger charge is 2.23. The minimum atomic E-state index is -0.365. The lowest BCUT2D eigenvalue weighted by molar-refractivity contribution is -0.127. The second-order valence-corrected chi connectivity index (χ2v) is 8.26. The smallest absolute Gasteiger partial charge is 0.234 e. The molecule has 0 aliphatic carbocycles. The average molecular weight is 475 g/mol. The van der Waals surface area contributed by atoms with Gasteiger partial charge in [0.1, 0.15) is 23.1 Å². The number of rotatable bonds is 9. The molecule has 0 spiro atoms. The minimum Gasteiger partial charge on any atom is -0.496 e. The van der Waals surface area contributed by atoms with Crippen LogP contribution in [0.25, 0.3) is 5.57 Å². The maximum Gasteiger partial charge on any atom is 0.234 e. The van der Waals surface area contributed by atoms with Gasteiger partial charge in [-0.1, -0.05) is 6.08 Å². The lowest BCUT2D eigenvalue weighted by atomic mass is 9.97. The lowest BCUT2D eigenvalue weighted by Crippen LogP contribution is -2.36. The first-order valence-electron chi connectivity index (χ1n) is 10.4. The van der Waals surface area contributed by atoms with Crippen LogP contribution in [0.4, 0.5) is 10.1 Å². The molecule has 0 unspecified atom stereocenters. The van der Waals surface area contributed by atoms with E-state index in [1.165, 1.54) is 36.0 Å². The molecule has 2 aromatic carbocycles. The molecular weight excluding hydrogens is 447 g/mol. The Morgan fingerprint density at radius 2 is 1.70 bits per heavy atom. The summed E-state index contributed by atoms with van der Waals surface area (Å²) in [7, 11) is 4.78. The first-order chi connectivity index (χ1) is 15.9. The van der Waals surface area contributed by atoms with E-state index in [1.807, 2.05) is 18.2 Å². The molecule has 0 aromatic heterocycles. The normalized spacial score (nSPS) is 13.2. The number of halogens is 1. The lowest BCUT2D eigenvalue weighted by Gasteiger charge is -2.28. The van der Waals surface area contributed by atoms with Crippen molar-refractivity contribution in [1.82, 2.24) is 4.90 Å². The quantitative estimate of drug-likeness (QED) is 0.595. The summed E-state index contributed by atoms with van der Waals surface area (Å²) in [6, 6.07) is 9.16. The van der Waals surface area contributed by atoms with Gasteiger partial charge in [0.25, 0.3) is 0 Å². The number of carbonyl (C=O) groups is 2. The van der Waals surface area contributed by atoms with E-state index in [2.05, 4.69) is 5.32 Å². The Balaban J connectivity index is 1.53. The fraction of sp³-hybridized carbons (Fsp3) is 0.333. The van der Waals surface area contributed by atoms with Crippen molar-refractivity contribution in [3.63, 3.8) is 0 Å². The molecule has 1 aliphatic rings. The first kappa shape index (κ1) is 24.4. The number of amides is 2. The molecule has 0 saturated heterocycles. The molecule has 1 N–H and O–H groups in total. The Morgan fingerprint density at radius 1 is 1.03 bits per heavy atom. The summed E-state index contributed by atoms with van der Waals surface area (Å²) >= 11 is 1.25. The zero-order valence-corrected chi connectivity index (χ0v) is 19.7. The van der Waals surface area contributed by atoms with Crippen LogP contribution in [0.3, 0.4) is 0 Å². The Morgan fingerprint density at radius 3 is 2.24 bits per heavy atom. The van der Waals surface area contributed by atoms with Crippen LogP contribution in [-0.2, 0) is 9.59 Å². The highest BCUT2D eigenvalue weighted by molar-refractivity contribution is 8.00. The molecule has 0 fully saturated rings. The number of benzene rings is 2. The number of thioether (sulfide) groups is 1. The molecule has 1 heterocycles. The molecule has 0 bridgehead atoms. The van der Waals surface area contributed by atoms with Gasteiger partial charge in [-0.2, -0.15) is 0 Å². The third-order valence-electron chi connectivity index (χ3n) is 5.18. The summed E-state index contributed by atoms with van der Waals surface area (Å²) in [5, 5.41) is 2.68. The van der Waals surface area contributed by atoms with Crippen LogP contribution in [0.1, 0.15) is 12.0 Å². The molecule has 0 atom stereocenters. The predicted molar refractivity (Wildman–Crippen MR) is 128 cm³/mol. The van der Waals surface area contributed by atoms with Gasteiger partial charge in [-0.15, -0.1) is 11.8 Å². The van der Waals surface area contributed by atoms with E-state index in [-0.39, 0.29) is 29.1 Å². The molecule has 9 heteroatoms. The van der Waals surface area contributed by atoms with Crippen LogP contribution in [0.5, 0.6) is 17.2 Å². The Hall–Kier alpha value is -3.20. The summed E-state index contributed by atoms with van der Waals surface area (Å²) in [6.45, 7) is 1.03. The van der Waals surface area contributed by atoms with Gasteiger partial charge in [0, 0.05) is 30.9 Å². The average Bonchev–Trinajstić information content (AvgIpc) is 2.84. The third kappa shape index (κ3) is 6.41. The maximum atomic E-state index is 12.9. The van der Waals surface area contributed by atoms with Crippen molar-refractivity contribution in [3.05, 3.63) is 53.9 Å². The summed E-state index contributed by atoms with van der Waals surface area (Å²) in [5.74, 6) is 1.65. The third-order valence-corrected chi connectivity index (χ3v) is 6.10. The van der Waals surface area contributed by atoms with E-state index in [0.29, 0.717) is 42.4 Å². The van der Waals surface area contributed by atoms with E-state index < -0.39 is 0 Å². The maximum absolute atomic E-state index is 12.9. The van der Waals surface area contributed by atoms with Crippen molar-refractivity contribution in [3.8, 4) is 17.2 Å². The number of nitrogens with one attached hydrogen (secondary N) is 1. The van der Waals surface area contributed by atoms with Gasteiger partial charge in [0.15, 0.2) is 0 Å². The van der Waals surface area contributed by atoms with Crippen LogP contribution < -0.4 is 19.5 Å². The van der Waals surface area contributed by atoms with Gasteiger partial charge in [0.05, 0.1) is 38.4 Å². The summed E-state index contributed by atoms with van der Waals surface area (Å²) in [4.78, 5) is 26.4. The summed E-state index contributed by atoms with van der Waals surface area (Å²) < 4.78 is 29.3. The SMILES string of the molecule is COc1cc(OC)c(C2=CCN(C(=O)CSCC(=O)Nc3ccc(F)cc3)CC2)c(OC)c1. The van der Waals surface area contributed by atoms with Crippen LogP contribution in [0.15, 0.2) is 42.5 Å². The van der Waals surface area contributed by atoms with E-state index >= 15 is 0 Å². The molecule has 3 rings (SSSR count). The number of nitrogens with zero attached hydrogens (tertiary/aromatic N) is 1. The van der Waals surface area contributed by atoms with Gasteiger partial charge in [0.2, 0.25) is 11.8 Å². The molecule has 33 heavy (non-hydrogen) atoms. The molecule has 0 radical (unpaired) electrons. The van der Waals surface area contributed by atoms with Crippen LogP contribution in [0.2, 0.25) is 0 Å². The fourth-order valence-corrected chi connectivity index (χ4v) is 4.21. The van der Waals surface area contributed by atoms with Crippen molar-refractivity contribution in [2.45, 2.75) is 6.42 Å². The van der Waals surface area contributed by atoms with E-state index in [9.17, 15) is 14.0 Å². The summed E-state index contributed by atoms with van der Waals surface area (Å²) in [6.07, 6.45) is 2.65. The molecule has 1 aliphatic heterocycles. The Kier molecular flexibility index (Phi) is 8.59. The van der Waals surface area contributed by atoms with Crippen molar-refractivity contribution in [2.75, 3.05) is 51.2 Å². The van der Waals surface area contributed by atoms with Crippen molar-refractivity contribution in [2.24, 2.45) is 0 Å². The number of methoxy groups -OCH3 is 3. The predicted octanol–water partition coefficient (Wildman–Crippen LogP) is 3.84. The first-order valence-corrected chi connectivity index (χ1v) is 11.5. The molecule has 0 saturated carbocycles. The van der Waals surface area contributed by atoms with Crippen LogP contribution >= 0.6 is 11.8 Å². The number of carbonyl (C=O) groups excluding carboxylic acids is 2. The van der Waals surface area contributed by atoms with Crippen LogP contribution in [-0.4, -0.2) is 62.6 Å². The van der Waals surface area contributed by atoms with E-state index in [0.717, 1.165) is 11.1 Å². The highest BCUT2D eigenvalue weighted by Crippen LogP contribution is 2.40. The molecular formula is C24H27FN2O5S. The summed E-state index contributed by atoms with van der Waals surface area (Å²) in [5.41, 5.74) is 2.42. The van der Waals surface area contributed by atoms with Gasteiger partial charge in [-0.25, -0.2) is 4.39 Å². The molecule has 2 amide bonds. The monoisotopic (exact) mass is 474 g/mol. The van der Waals surface area contributed by atoms with Crippen LogP contribution in [0, 0.1) is 5.82 Å². The van der Waals surface area contributed by atoms with E-state index in [1.54, 1.807) is 26.2 Å². The largest absolute Gasteiger partial charge is 0.496 e. The fourth-order valence-electron chi connectivity index (χ4n) is 3.50. The number of anilines is 1. The Bertz CT molecular complexity index is 1000. The number of ether oxygens (including phenoxy) is 3. The zero-order valence-electron chi connectivity index (χ0n) is 18.9. The van der Waals surface area contributed by atoms with Crippen molar-refractivity contribution < 1.29 is 28.2 Å². The van der Waals surface area contributed by atoms with Crippen molar-refractivity contribution >= 4 is 34.8 Å². The van der Waals surface area contributed by atoms with Gasteiger partial charge < -0.3 is 24.4 Å². The van der Waals surface area contributed by atoms with Gasteiger partial charge in [-0.05, 0) is 36.3 Å². The molecule has 7 nitrogen and oxygen atoms in total. The topological polar surface area (TPSA) is 77.1 Å². The zero-order chi connectivity index (χ0) is 23.8. The Labute approximate surface area is 196 Å². The van der Waals surface area contributed by atoms with Gasteiger partial charge >= 0.3 is 0 Å². The minimum absolute atomic E-state index is 0.0291. The highest BCUT2D eigenvalue weighted by atomic mass is 32.2. The van der Waals surface area contributed by atoms with Gasteiger partial charge in [-0.3, -0.25) is 9.59 Å². The molecule has 176 valence electrons. The second kappa shape index (κ2) is 11.6. The molecule has 2 aromatic rings. The van der Waals surface area contributed by atoms with E-state index in [4.69, 9.17) is 14.2 Å². The number of hydrogen-bond acceptors (Lipinski definition) is 6. The van der Waals surface area contributed by atoms with Crippen molar-refractivity contribution in [1.29, 1.82) is 0 Å².